The Morgan fingerprint density at radius 3 is 2.60 bits per heavy atom. The van der Waals surface area contributed by atoms with Gasteiger partial charge in [-0.05, 0) is 73.5 Å². The van der Waals surface area contributed by atoms with Crippen molar-refractivity contribution < 1.29 is 9.59 Å². The number of nitrogens with one attached hydrogen (secondary N) is 2. The number of benzene rings is 2. The number of carbonyl (C=O) groups excluding carboxylic acids is 2. The highest BCUT2D eigenvalue weighted by atomic mass is 32.2. The van der Waals surface area contributed by atoms with Gasteiger partial charge in [0.25, 0.3) is 5.91 Å². The number of carbonyl (C=O) groups is 2. The van der Waals surface area contributed by atoms with Crippen LogP contribution in [0.15, 0.2) is 70.7 Å². The fraction of sp³-hybridized carbons (Fsp3) is 0.174. The van der Waals surface area contributed by atoms with Gasteiger partial charge in [-0.1, -0.05) is 17.8 Å². The number of anilines is 2. The molecule has 0 aliphatic carbocycles. The Morgan fingerprint density at radius 1 is 1.10 bits per heavy atom. The van der Waals surface area contributed by atoms with Crippen LogP contribution in [0.25, 0.3) is 0 Å². The van der Waals surface area contributed by atoms with Gasteiger partial charge in [0.05, 0.1) is 5.56 Å². The van der Waals surface area contributed by atoms with Crippen LogP contribution < -0.4 is 15.5 Å². The normalized spacial score (nSPS) is 13.3. The Balaban J connectivity index is 1.49. The SMILES string of the molecule is Cc1ccc(Sc2ncccc2C(=O)Nc2ccc(N3CCNC3=O)cc2)cc1C. The maximum atomic E-state index is 12.9. The van der Waals surface area contributed by atoms with E-state index in [1.807, 2.05) is 18.2 Å². The zero-order chi connectivity index (χ0) is 21.1. The Kier molecular flexibility index (Phi) is 5.72. The first-order valence-corrected chi connectivity index (χ1v) is 10.5. The summed E-state index contributed by atoms with van der Waals surface area (Å²) in [5.41, 5.74) is 4.41. The van der Waals surface area contributed by atoms with E-state index in [1.54, 1.807) is 35.4 Å². The molecule has 2 N–H and O–H groups in total. The van der Waals surface area contributed by atoms with E-state index in [2.05, 4.69) is 41.6 Å². The van der Waals surface area contributed by atoms with Gasteiger partial charge in [0.2, 0.25) is 0 Å². The molecular formula is C23H22N4O2S. The molecule has 1 saturated heterocycles. The van der Waals surface area contributed by atoms with Crippen molar-refractivity contribution in [2.75, 3.05) is 23.3 Å². The second kappa shape index (κ2) is 8.59. The lowest BCUT2D eigenvalue weighted by Gasteiger charge is -2.15. The van der Waals surface area contributed by atoms with Crippen LogP contribution >= 0.6 is 11.8 Å². The maximum absolute atomic E-state index is 12.9. The molecule has 3 amide bonds. The molecule has 1 fully saturated rings. The lowest BCUT2D eigenvalue weighted by Crippen LogP contribution is -2.27. The third kappa shape index (κ3) is 4.31. The zero-order valence-corrected chi connectivity index (χ0v) is 17.6. The molecule has 1 aliphatic heterocycles. The van der Waals surface area contributed by atoms with Crippen molar-refractivity contribution in [3.8, 4) is 0 Å². The van der Waals surface area contributed by atoms with Gasteiger partial charge in [-0.2, -0.15) is 0 Å². The van der Waals surface area contributed by atoms with Crippen LogP contribution in [0, 0.1) is 13.8 Å². The number of nitrogens with zero attached hydrogens (tertiary/aromatic N) is 2. The Bertz CT molecular complexity index is 1100. The summed E-state index contributed by atoms with van der Waals surface area (Å²) < 4.78 is 0. The van der Waals surface area contributed by atoms with Gasteiger partial charge < -0.3 is 10.6 Å². The van der Waals surface area contributed by atoms with E-state index in [0.29, 0.717) is 29.4 Å². The van der Waals surface area contributed by atoms with E-state index in [4.69, 9.17) is 0 Å². The topological polar surface area (TPSA) is 74.3 Å². The number of aryl methyl sites for hydroxylation is 2. The van der Waals surface area contributed by atoms with Crippen molar-refractivity contribution in [3.63, 3.8) is 0 Å². The minimum atomic E-state index is -0.221. The number of hydrogen-bond acceptors (Lipinski definition) is 4. The van der Waals surface area contributed by atoms with Crippen molar-refractivity contribution in [3.05, 3.63) is 77.5 Å². The van der Waals surface area contributed by atoms with Gasteiger partial charge in [-0.3, -0.25) is 9.69 Å². The molecule has 1 aromatic heterocycles. The molecule has 0 bridgehead atoms. The first-order chi connectivity index (χ1) is 14.5. The molecule has 0 atom stereocenters. The Hall–Kier alpha value is -3.32. The molecule has 2 aromatic carbocycles. The van der Waals surface area contributed by atoms with Crippen LogP contribution in [-0.2, 0) is 0 Å². The number of hydrogen-bond donors (Lipinski definition) is 2. The highest BCUT2D eigenvalue weighted by Gasteiger charge is 2.21. The number of urea groups is 1. The minimum absolute atomic E-state index is 0.102. The summed E-state index contributed by atoms with van der Waals surface area (Å²) in [6.07, 6.45) is 1.69. The van der Waals surface area contributed by atoms with Crippen molar-refractivity contribution in [1.29, 1.82) is 0 Å². The van der Waals surface area contributed by atoms with Gasteiger partial charge in [-0.25, -0.2) is 9.78 Å². The number of pyridine rings is 1. The van der Waals surface area contributed by atoms with Crippen LogP contribution in [-0.4, -0.2) is 30.0 Å². The predicted molar refractivity (Wildman–Crippen MR) is 119 cm³/mol. The number of rotatable bonds is 5. The fourth-order valence-corrected chi connectivity index (χ4v) is 4.15. The zero-order valence-electron chi connectivity index (χ0n) is 16.8. The molecule has 6 nitrogen and oxygen atoms in total. The van der Waals surface area contributed by atoms with E-state index in [1.165, 1.54) is 22.9 Å². The molecule has 0 radical (unpaired) electrons. The summed E-state index contributed by atoms with van der Waals surface area (Å²) in [6, 6.07) is 16.9. The van der Waals surface area contributed by atoms with Gasteiger partial charge in [0, 0.05) is 35.6 Å². The molecular weight excluding hydrogens is 396 g/mol. The quantitative estimate of drug-likeness (QED) is 0.633. The summed E-state index contributed by atoms with van der Waals surface area (Å²) in [7, 11) is 0. The number of amides is 3. The Labute approximate surface area is 179 Å². The molecule has 3 aromatic rings. The summed E-state index contributed by atoms with van der Waals surface area (Å²) in [4.78, 5) is 31.8. The monoisotopic (exact) mass is 418 g/mol. The first-order valence-electron chi connectivity index (χ1n) is 9.68. The van der Waals surface area contributed by atoms with E-state index >= 15 is 0 Å². The average molecular weight is 419 g/mol. The molecule has 0 spiro atoms. The predicted octanol–water partition coefficient (Wildman–Crippen LogP) is 4.63. The second-order valence-corrected chi connectivity index (χ2v) is 8.15. The van der Waals surface area contributed by atoms with Crippen LogP contribution in [0.4, 0.5) is 16.2 Å². The van der Waals surface area contributed by atoms with Crippen LogP contribution in [0.5, 0.6) is 0 Å². The summed E-state index contributed by atoms with van der Waals surface area (Å²) in [5, 5.41) is 6.36. The fourth-order valence-electron chi connectivity index (χ4n) is 3.18. The van der Waals surface area contributed by atoms with Crippen LogP contribution in [0.3, 0.4) is 0 Å². The van der Waals surface area contributed by atoms with Crippen molar-refractivity contribution >= 4 is 35.1 Å². The van der Waals surface area contributed by atoms with Gasteiger partial charge in [0.15, 0.2) is 0 Å². The molecule has 30 heavy (non-hydrogen) atoms. The van der Waals surface area contributed by atoms with Gasteiger partial charge in [-0.15, -0.1) is 0 Å². The van der Waals surface area contributed by atoms with Gasteiger partial charge >= 0.3 is 6.03 Å². The molecule has 152 valence electrons. The van der Waals surface area contributed by atoms with E-state index in [9.17, 15) is 9.59 Å². The highest BCUT2D eigenvalue weighted by Crippen LogP contribution is 2.30. The lowest BCUT2D eigenvalue weighted by molar-refractivity contribution is 0.102. The first kappa shape index (κ1) is 20.0. The smallest absolute Gasteiger partial charge is 0.321 e. The van der Waals surface area contributed by atoms with E-state index < -0.39 is 0 Å². The third-order valence-corrected chi connectivity index (χ3v) is 6.01. The van der Waals surface area contributed by atoms with Crippen molar-refractivity contribution in [2.45, 2.75) is 23.8 Å². The molecule has 4 rings (SSSR count). The molecule has 0 saturated carbocycles. The lowest BCUT2D eigenvalue weighted by atomic mass is 10.1. The molecule has 1 aliphatic rings. The van der Waals surface area contributed by atoms with E-state index in [0.717, 1.165) is 10.6 Å². The maximum Gasteiger partial charge on any atom is 0.321 e. The average Bonchev–Trinajstić information content (AvgIpc) is 3.17. The van der Waals surface area contributed by atoms with Crippen molar-refractivity contribution in [1.82, 2.24) is 10.3 Å². The third-order valence-electron chi connectivity index (χ3n) is 5.00. The summed E-state index contributed by atoms with van der Waals surface area (Å²) >= 11 is 1.47. The van der Waals surface area contributed by atoms with Crippen molar-refractivity contribution in [2.24, 2.45) is 0 Å². The minimum Gasteiger partial charge on any atom is -0.336 e. The standard InChI is InChI=1S/C23H22N4O2S/c1-15-5-10-19(14-16(15)2)30-22-20(4-3-11-24-22)21(28)26-17-6-8-18(9-7-17)27-13-12-25-23(27)29/h3-11,14H,12-13H2,1-2H3,(H,25,29)(H,26,28). The summed E-state index contributed by atoms with van der Waals surface area (Å²) in [6.45, 7) is 5.42. The molecule has 7 heteroatoms. The molecule has 0 unspecified atom stereocenters. The number of aromatic nitrogens is 1. The van der Waals surface area contributed by atoms with Gasteiger partial charge in [0.1, 0.15) is 5.03 Å². The van der Waals surface area contributed by atoms with E-state index in [-0.39, 0.29) is 11.9 Å². The molecule has 2 heterocycles. The van der Waals surface area contributed by atoms with Crippen LogP contribution in [0.2, 0.25) is 0 Å². The largest absolute Gasteiger partial charge is 0.336 e. The summed E-state index contributed by atoms with van der Waals surface area (Å²) in [5.74, 6) is -0.221. The second-order valence-electron chi connectivity index (χ2n) is 7.09. The Morgan fingerprint density at radius 2 is 1.90 bits per heavy atom. The van der Waals surface area contributed by atoms with Crippen LogP contribution in [0.1, 0.15) is 21.5 Å². The highest BCUT2D eigenvalue weighted by molar-refractivity contribution is 7.99.